The number of benzene rings is 2. The normalized spacial score (nSPS) is 18.3. The summed E-state index contributed by atoms with van der Waals surface area (Å²) in [6.07, 6.45) is -0.537. The highest BCUT2D eigenvalue weighted by Gasteiger charge is 2.31. The molecule has 7 heteroatoms. The summed E-state index contributed by atoms with van der Waals surface area (Å²) in [6, 6.07) is 13.2. The van der Waals surface area contributed by atoms with Crippen molar-refractivity contribution in [1.29, 1.82) is 0 Å². The second-order valence-corrected chi connectivity index (χ2v) is 8.36. The Labute approximate surface area is 181 Å². The molecule has 2 heterocycles. The largest absolute Gasteiger partial charge is 0.416 e. The van der Waals surface area contributed by atoms with Crippen LogP contribution in [0.1, 0.15) is 40.7 Å². The van der Waals surface area contributed by atoms with Crippen LogP contribution in [0.15, 0.2) is 48.5 Å². The Morgan fingerprint density at radius 2 is 1.52 bits per heavy atom. The predicted molar refractivity (Wildman–Crippen MR) is 115 cm³/mol. The monoisotopic (exact) mass is 431 g/mol. The van der Waals surface area contributed by atoms with Crippen molar-refractivity contribution < 1.29 is 18.0 Å². The van der Waals surface area contributed by atoms with Gasteiger partial charge in [-0.05, 0) is 61.8 Å². The molecular formula is C24H28F3N3O. The molecule has 2 aromatic carbocycles. The molecule has 0 saturated carbocycles. The lowest BCUT2D eigenvalue weighted by Gasteiger charge is -2.36. The highest BCUT2D eigenvalue weighted by Crippen LogP contribution is 2.32. The van der Waals surface area contributed by atoms with Gasteiger partial charge in [0, 0.05) is 44.0 Å². The first-order valence-electron chi connectivity index (χ1n) is 10.9. The number of anilines is 1. The molecule has 2 fully saturated rings. The number of carbonyl (C=O) groups is 1. The minimum atomic E-state index is -4.35. The van der Waals surface area contributed by atoms with Gasteiger partial charge in [-0.3, -0.25) is 9.69 Å². The molecule has 0 aromatic heterocycles. The van der Waals surface area contributed by atoms with E-state index in [0.29, 0.717) is 37.4 Å². The number of likely N-dealkylation sites (tertiary alicyclic amines) is 1. The van der Waals surface area contributed by atoms with E-state index in [4.69, 9.17) is 0 Å². The van der Waals surface area contributed by atoms with E-state index in [9.17, 15) is 18.0 Å². The molecule has 31 heavy (non-hydrogen) atoms. The molecule has 2 aliphatic rings. The lowest BCUT2D eigenvalue weighted by Crippen LogP contribution is -2.48. The van der Waals surface area contributed by atoms with Crippen molar-refractivity contribution in [2.45, 2.75) is 32.0 Å². The molecule has 4 rings (SSSR count). The maximum absolute atomic E-state index is 13.0. The third kappa shape index (κ3) is 5.39. The zero-order valence-electron chi connectivity index (χ0n) is 17.6. The van der Waals surface area contributed by atoms with Gasteiger partial charge in [-0.2, -0.15) is 13.2 Å². The number of hydrogen-bond acceptors (Lipinski definition) is 3. The van der Waals surface area contributed by atoms with Crippen molar-refractivity contribution in [3.05, 3.63) is 65.2 Å². The van der Waals surface area contributed by atoms with Crippen molar-refractivity contribution in [3.8, 4) is 0 Å². The maximum atomic E-state index is 13.0. The van der Waals surface area contributed by atoms with Crippen LogP contribution in [-0.2, 0) is 12.7 Å². The molecule has 0 bridgehead atoms. The number of hydrogen-bond donors (Lipinski definition) is 0. The number of piperidine rings is 1. The molecule has 2 aliphatic heterocycles. The number of alkyl halides is 3. The van der Waals surface area contributed by atoms with Crippen molar-refractivity contribution in [3.63, 3.8) is 0 Å². The van der Waals surface area contributed by atoms with Gasteiger partial charge >= 0.3 is 6.18 Å². The van der Waals surface area contributed by atoms with E-state index in [2.05, 4.69) is 4.90 Å². The van der Waals surface area contributed by atoms with Crippen LogP contribution < -0.4 is 4.90 Å². The molecule has 0 unspecified atom stereocenters. The van der Waals surface area contributed by atoms with Crippen molar-refractivity contribution in [1.82, 2.24) is 9.80 Å². The Morgan fingerprint density at radius 3 is 2.16 bits per heavy atom. The average molecular weight is 432 g/mol. The van der Waals surface area contributed by atoms with Gasteiger partial charge in [-0.1, -0.05) is 24.6 Å². The first kappa shape index (κ1) is 21.7. The maximum Gasteiger partial charge on any atom is 0.416 e. The molecule has 0 N–H and O–H groups in total. The van der Waals surface area contributed by atoms with Crippen LogP contribution in [0.3, 0.4) is 0 Å². The number of carbonyl (C=O) groups excluding carboxylic acids is 1. The Morgan fingerprint density at radius 1 is 0.839 bits per heavy atom. The first-order chi connectivity index (χ1) is 14.9. The van der Waals surface area contributed by atoms with Gasteiger partial charge in [0.05, 0.1) is 5.56 Å². The van der Waals surface area contributed by atoms with Gasteiger partial charge in [-0.25, -0.2) is 0 Å². The summed E-state index contributed by atoms with van der Waals surface area (Å²) in [5, 5.41) is 0. The first-order valence-corrected chi connectivity index (χ1v) is 10.9. The summed E-state index contributed by atoms with van der Waals surface area (Å²) in [7, 11) is 0. The minimum Gasteiger partial charge on any atom is -0.368 e. The highest BCUT2D eigenvalue weighted by molar-refractivity contribution is 5.94. The second kappa shape index (κ2) is 9.30. The number of amides is 1. The summed E-state index contributed by atoms with van der Waals surface area (Å²) in [5.41, 5.74) is 1.78. The fraction of sp³-hybridized carbons (Fsp3) is 0.458. The lowest BCUT2D eigenvalue weighted by molar-refractivity contribution is -0.137. The number of halogens is 3. The van der Waals surface area contributed by atoms with Crippen molar-refractivity contribution in [2.24, 2.45) is 0 Å². The van der Waals surface area contributed by atoms with E-state index in [-0.39, 0.29) is 5.91 Å². The Kier molecular flexibility index (Phi) is 6.51. The predicted octanol–water partition coefficient (Wildman–Crippen LogP) is 4.65. The summed E-state index contributed by atoms with van der Waals surface area (Å²) in [5.74, 6) is -0.0202. The van der Waals surface area contributed by atoms with Gasteiger partial charge in [0.2, 0.25) is 0 Å². The van der Waals surface area contributed by atoms with Crippen LogP contribution in [-0.4, -0.2) is 55.0 Å². The van der Waals surface area contributed by atoms with Crippen LogP contribution in [0, 0.1) is 0 Å². The van der Waals surface area contributed by atoms with Crippen LogP contribution in [0.5, 0.6) is 0 Å². The molecular weight excluding hydrogens is 403 g/mol. The fourth-order valence-corrected chi connectivity index (χ4v) is 4.36. The van der Waals surface area contributed by atoms with Gasteiger partial charge in [0.25, 0.3) is 5.91 Å². The van der Waals surface area contributed by atoms with Crippen molar-refractivity contribution in [2.75, 3.05) is 44.2 Å². The zero-order valence-corrected chi connectivity index (χ0v) is 17.6. The topological polar surface area (TPSA) is 26.8 Å². The Balaban J connectivity index is 1.33. The van der Waals surface area contributed by atoms with Crippen molar-refractivity contribution >= 4 is 11.6 Å². The van der Waals surface area contributed by atoms with Crippen LogP contribution in [0.4, 0.5) is 18.9 Å². The SMILES string of the molecule is O=C(c1ccc(CN2CCCCC2)cc1)N1CCN(c2cccc(C(F)(F)F)c2)CC1. The summed E-state index contributed by atoms with van der Waals surface area (Å²) in [6.45, 7) is 5.20. The molecule has 2 saturated heterocycles. The number of piperazine rings is 1. The van der Waals surface area contributed by atoms with Gasteiger partial charge in [-0.15, -0.1) is 0 Å². The van der Waals surface area contributed by atoms with Gasteiger partial charge < -0.3 is 9.80 Å². The summed E-state index contributed by atoms with van der Waals surface area (Å²) in [4.78, 5) is 19.0. The quantitative estimate of drug-likeness (QED) is 0.705. The minimum absolute atomic E-state index is 0.0202. The number of nitrogens with zero attached hydrogens (tertiary/aromatic N) is 3. The zero-order chi connectivity index (χ0) is 21.8. The Bertz CT molecular complexity index is 884. The Hall–Kier alpha value is -2.54. The van der Waals surface area contributed by atoms with Gasteiger partial charge in [0.1, 0.15) is 0 Å². The summed E-state index contributed by atoms with van der Waals surface area (Å²) >= 11 is 0. The van der Waals surface area contributed by atoms with Gasteiger partial charge in [0.15, 0.2) is 0 Å². The smallest absolute Gasteiger partial charge is 0.368 e. The molecule has 0 atom stereocenters. The standard InChI is InChI=1S/C24H28F3N3O/c25-24(26,27)21-5-4-6-22(17-21)29-13-15-30(16-14-29)23(31)20-9-7-19(8-10-20)18-28-11-2-1-3-12-28/h4-10,17H,1-3,11-16,18H2. The van der Waals surface area contributed by atoms with E-state index >= 15 is 0 Å². The number of rotatable bonds is 4. The molecule has 0 aliphatic carbocycles. The molecule has 0 spiro atoms. The van der Waals surface area contributed by atoms with E-state index in [0.717, 1.165) is 25.7 Å². The van der Waals surface area contributed by atoms with E-state index in [1.165, 1.54) is 37.0 Å². The van der Waals surface area contributed by atoms with E-state index < -0.39 is 11.7 Å². The van der Waals surface area contributed by atoms with Crippen LogP contribution >= 0.6 is 0 Å². The van der Waals surface area contributed by atoms with Crippen LogP contribution in [0.25, 0.3) is 0 Å². The third-order valence-electron chi connectivity index (χ3n) is 6.16. The second-order valence-electron chi connectivity index (χ2n) is 8.36. The molecule has 2 aromatic rings. The molecule has 4 nitrogen and oxygen atoms in total. The highest BCUT2D eigenvalue weighted by atomic mass is 19.4. The van der Waals surface area contributed by atoms with E-state index in [1.54, 1.807) is 11.0 Å². The average Bonchev–Trinajstić information content (AvgIpc) is 2.79. The third-order valence-corrected chi connectivity index (χ3v) is 6.16. The lowest BCUT2D eigenvalue weighted by atomic mass is 10.1. The molecule has 1 amide bonds. The summed E-state index contributed by atoms with van der Waals surface area (Å²) < 4.78 is 38.9. The fourth-order valence-electron chi connectivity index (χ4n) is 4.36. The van der Waals surface area contributed by atoms with E-state index in [1.807, 2.05) is 29.2 Å². The molecule has 166 valence electrons. The van der Waals surface area contributed by atoms with Crippen LogP contribution in [0.2, 0.25) is 0 Å². The molecule has 0 radical (unpaired) electrons.